The fraction of sp³-hybridized carbons (Fsp3) is 0.583. The van der Waals surface area contributed by atoms with Gasteiger partial charge in [0.25, 0.3) is 0 Å². The predicted molar refractivity (Wildman–Crippen MR) is 122 cm³/mol. The lowest BCUT2D eigenvalue weighted by Crippen LogP contribution is -2.48. The van der Waals surface area contributed by atoms with Crippen molar-refractivity contribution in [2.75, 3.05) is 58.3 Å². The number of anilines is 1. The third-order valence-corrected chi connectivity index (χ3v) is 6.73. The summed E-state index contributed by atoms with van der Waals surface area (Å²) in [5.74, 6) is 2.00. The molecule has 1 amide bonds. The van der Waals surface area contributed by atoms with Gasteiger partial charge in [-0.05, 0) is 56.9 Å². The van der Waals surface area contributed by atoms with Gasteiger partial charge in [-0.3, -0.25) is 4.79 Å². The Bertz CT molecular complexity index is 832. The highest BCUT2D eigenvalue weighted by atomic mass is 16.5. The number of nitrogens with zero attached hydrogens (tertiary/aromatic N) is 4. The molecule has 2 aliphatic rings. The molecule has 7 heteroatoms. The van der Waals surface area contributed by atoms with E-state index in [9.17, 15) is 4.79 Å². The molecule has 3 heterocycles. The minimum absolute atomic E-state index is 0.315. The molecule has 2 aliphatic heterocycles. The number of benzene rings is 1. The van der Waals surface area contributed by atoms with Crippen molar-refractivity contribution in [1.82, 2.24) is 20.3 Å². The summed E-state index contributed by atoms with van der Waals surface area (Å²) in [4.78, 5) is 19.4. The summed E-state index contributed by atoms with van der Waals surface area (Å²) in [5, 5.41) is 7.84. The van der Waals surface area contributed by atoms with Crippen LogP contribution in [0.25, 0.3) is 0 Å². The number of hydrogen-bond acceptors (Lipinski definition) is 6. The molecule has 1 aromatic heterocycles. The molecule has 0 saturated carbocycles. The number of amides is 1. The van der Waals surface area contributed by atoms with Crippen molar-refractivity contribution in [2.24, 2.45) is 11.8 Å². The van der Waals surface area contributed by atoms with Crippen LogP contribution in [0.1, 0.15) is 24.3 Å². The summed E-state index contributed by atoms with van der Waals surface area (Å²) in [6, 6.07) is 12.4. The molecule has 1 aromatic carbocycles. The third kappa shape index (κ3) is 5.86. The molecule has 0 bridgehead atoms. The number of aromatic nitrogens is 1. The Kier molecular flexibility index (Phi) is 7.25. The maximum atomic E-state index is 12.9. The molecule has 7 nitrogen and oxygen atoms in total. The zero-order chi connectivity index (χ0) is 21.6. The molecule has 2 atom stereocenters. The number of hydrogen-bond donors (Lipinski definition) is 1. The van der Waals surface area contributed by atoms with Gasteiger partial charge >= 0.3 is 0 Å². The van der Waals surface area contributed by atoms with Gasteiger partial charge < -0.3 is 24.5 Å². The van der Waals surface area contributed by atoms with E-state index >= 15 is 0 Å². The van der Waals surface area contributed by atoms with E-state index in [0.717, 1.165) is 69.3 Å². The Labute approximate surface area is 185 Å². The van der Waals surface area contributed by atoms with Crippen LogP contribution in [0.3, 0.4) is 0 Å². The van der Waals surface area contributed by atoms with Crippen molar-refractivity contribution in [2.45, 2.75) is 25.8 Å². The van der Waals surface area contributed by atoms with E-state index in [0.29, 0.717) is 30.7 Å². The first kappa shape index (κ1) is 21.8. The average molecular weight is 426 g/mol. The summed E-state index contributed by atoms with van der Waals surface area (Å²) in [6.45, 7) is 6.27. The van der Waals surface area contributed by atoms with Gasteiger partial charge in [0.15, 0.2) is 5.76 Å². The topological polar surface area (TPSA) is 64.8 Å². The van der Waals surface area contributed by atoms with Crippen LogP contribution in [0.2, 0.25) is 0 Å². The number of rotatable bonds is 7. The average Bonchev–Trinajstić information content (AvgIpc) is 3.23. The van der Waals surface area contributed by atoms with Crippen LogP contribution in [0.4, 0.5) is 5.69 Å². The van der Waals surface area contributed by atoms with Gasteiger partial charge in [-0.1, -0.05) is 23.4 Å². The number of piperidine rings is 1. The smallest absolute Gasteiger partial charge is 0.222 e. The number of nitrogens with one attached hydrogen (secondary N) is 1. The van der Waals surface area contributed by atoms with Crippen molar-refractivity contribution in [1.29, 1.82) is 0 Å². The second kappa shape index (κ2) is 10.3. The van der Waals surface area contributed by atoms with Crippen LogP contribution in [0.15, 0.2) is 40.9 Å². The lowest BCUT2D eigenvalue weighted by molar-refractivity contribution is -0.134. The van der Waals surface area contributed by atoms with Gasteiger partial charge in [-0.2, -0.15) is 0 Å². The fourth-order valence-corrected chi connectivity index (χ4v) is 4.70. The first-order valence-corrected chi connectivity index (χ1v) is 11.5. The van der Waals surface area contributed by atoms with Crippen LogP contribution < -0.4 is 10.2 Å². The number of carbonyl (C=O) groups excluding carboxylic acids is 1. The molecule has 2 unspecified atom stereocenters. The predicted octanol–water partition coefficient (Wildman–Crippen LogP) is 2.24. The van der Waals surface area contributed by atoms with Gasteiger partial charge in [-0.25, -0.2) is 0 Å². The third-order valence-electron chi connectivity index (χ3n) is 6.73. The minimum atomic E-state index is 0.315. The largest absolute Gasteiger partial charge is 0.367 e. The Hall–Kier alpha value is -2.38. The molecule has 2 fully saturated rings. The second-order valence-electron chi connectivity index (χ2n) is 9.08. The summed E-state index contributed by atoms with van der Waals surface area (Å²) in [5.41, 5.74) is 2.14. The van der Waals surface area contributed by atoms with Gasteiger partial charge in [0.2, 0.25) is 5.91 Å². The van der Waals surface area contributed by atoms with Crippen LogP contribution in [0.5, 0.6) is 0 Å². The molecular formula is C24H35N5O2. The van der Waals surface area contributed by atoms with Gasteiger partial charge in [0.1, 0.15) is 0 Å². The molecule has 1 N–H and O–H groups in total. The van der Waals surface area contributed by atoms with Gasteiger partial charge in [0, 0.05) is 51.4 Å². The molecule has 0 spiro atoms. The number of likely N-dealkylation sites (N-methyl/N-ethyl adjacent to an activating group) is 1. The summed E-state index contributed by atoms with van der Waals surface area (Å²) >= 11 is 0. The van der Waals surface area contributed by atoms with Crippen molar-refractivity contribution in [3.8, 4) is 0 Å². The standard InChI is InChI=1S/C24H35N5O2/c1-27-10-12-29(13-11-27)24(30)15-19-8-9-25-17-20(19)14-21-16-23(31-26-21)18-28(2)22-6-4-3-5-7-22/h3-7,16,19-20,25H,8-15,17-18H2,1-2H3. The number of para-hydroxylation sites is 1. The molecule has 0 aliphatic carbocycles. The zero-order valence-electron chi connectivity index (χ0n) is 18.8. The van der Waals surface area contributed by atoms with Crippen molar-refractivity contribution in [3.05, 3.63) is 47.9 Å². The maximum Gasteiger partial charge on any atom is 0.222 e. The van der Waals surface area contributed by atoms with E-state index in [2.05, 4.69) is 52.6 Å². The lowest BCUT2D eigenvalue weighted by Gasteiger charge is -2.36. The fourth-order valence-electron chi connectivity index (χ4n) is 4.70. The van der Waals surface area contributed by atoms with Gasteiger partial charge in [0.05, 0.1) is 12.2 Å². The van der Waals surface area contributed by atoms with E-state index in [4.69, 9.17) is 4.52 Å². The van der Waals surface area contributed by atoms with Crippen molar-refractivity contribution < 1.29 is 9.32 Å². The summed E-state index contributed by atoms with van der Waals surface area (Å²) < 4.78 is 5.63. The van der Waals surface area contributed by atoms with Crippen LogP contribution >= 0.6 is 0 Å². The van der Waals surface area contributed by atoms with E-state index in [-0.39, 0.29) is 0 Å². The van der Waals surface area contributed by atoms with Crippen LogP contribution in [0, 0.1) is 11.8 Å². The quantitative estimate of drug-likeness (QED) is 0.734. The first-order valence-electron chi connectivity index (χ1n) is 11.5. The highest BCUT2D eigenvalue weighted by molar-refractivity contribution is 5.76. The monoisotopic (exact) mass is 425 g/mol. The Balaban J connectivity index is 1.32. The van der Waals surface area contributed by atoms with Crippen molar-refractivity contribution in [3.63, 3.8) is 0 Å². The normalized spacial score (nSPS) is 22.5. The van der Waals surface area contributed by atoms with E-state index < -0.39 is 0 Å². The lowest BCUT2D eigenvalue weighted by atomic mass is 9.81. The minimum Gasteiger partial charge on any atom is -0.367 e. The second-order valence-corrected chi connectivity index (χ2v) is 9.08. The summed E-state index contributed by atoms with van der Waals surface area (Å²) in [6.07, 6.45) is 2.55. The molecule has 31 heavy (non-hydrogen) atoms. The Morgan fingerprint density at radius 1 is 1.19 bits per heavy atom. The highest BCUT2D eigenvalue weighted by Crippen LogP contribution is 2.27. The molecule has 168 valence electrons. The molecule has 2 saturated heterocycles. The van der Waals surface area contributed by atoms with Crippen LogP contribution in [-0.4, -0.2) is 74.2 Å². The Morgan fingerprint density at radius 3 is 2.74 bits per heavy atom. The molecule has 4 rings (SSSR count). The molecular weight excluding hydrogens is 390 g/mol. The van der Waals surface area contributed by atoms with Crippen molar-refractivity contribution >= 4 is 11.6 Å². The number of carbonyl (C=O) groups is 1. The van der Waals surface area contributed by atoms with Crippen LogP contribution in [-0.2, 0) is 17.8 Å². The molecule has 0 radical (unpaired) electrons. The zero-order valence-corrected chi connectivity index (χ0v) is 18.8. The Morgan fingerprint density at radius 2 is 1.97 bits per heavy atom. The SMILES string of the molecule is CN1CCN(C(=O)CC2CCNCC2Cc2cc(CN(C)c3ccccc3)on2)CC1. The first-order chi connectivity index (χ1) is 15.1. The number of piperazine rings is 1. The summed E-state index contributed by atoms with van der Waals surface area (Å²) in [7, 11) is 4.18. The van der Waals surface area contributed by atoms with E-state index in [1.165, 1.54) is 0 Å². The highest BCUT2D eigenvalue weighted by Gasteiger charge is 2.30. The van der Waals surface area contributed by atoms with E-state index in [1.54, 1.807) is 0 Å². The molecule has 2 aromatic rings. The van der Waals surface area contributed by atoms with E-state index in [1.807, 2.05) is 23.1 Å². The maximum absolute atomic E-state index is 12.9. The van der Waals surface area contributed by atoms with Gasteiger partial charge in [-0.15, -0.1) is 0 Å².